The molecule has 1 heterocycles. The molecule has 1 aromatic carbocycles. The first kappa shape index (κ1) is 15.0. The number of amides is 2. The SMILES string of the molecule is NC(=O)NC[C@@H]1CNCCO[C@@H]1c1ccc(F)c(Cl)c1. The largest absolute Gasteiger partial charge is 0.372 e. The molecule has 7 heteroatoms. The first-order valence-corrected chi connectivity index (χ1v) is 6.76. The Bertz CT molecular complexity index is 487. The zero-order valence-electron chi connectivity index (χ0n) is 10.9. The van der Waals surface area contributed by atoms with Crippen molar-refractivity contribution in [3.8, 4) is 0 Å². The van der Waals surface area contributed by atoms with Crippen LogP contribution < -0.4 is 16.4 Å². The maximum atomic E-state index is 13.2. The lowest BCUT2D eigenvalue weighted by atomic mass is 9.95. The second-order valence-electron chi connectivity index (χ2n) is 4.67. The first-order chi connectivity index (χ1) is 9.58. The molecule has 0 aliphatic carbocycles. The van der Waals surface area contributed by atoms with E-state index in [1.54, 1.807) is 12.1 Å². The van der Waals surface area contributed by atoms with Gasteiger partial charge in [-0.2, -0.15) is 0 Å². The van der Waals surface area contributed by atoms with Crippen LogP contribution in [0.25, 0.3) is 0 Å². The lowest BCUT2D eigenvalue weighted by Crippen LogP contribution is -2.38. The maximum absolute atomic E-state index is 13.2. The molecular weight excluding hydrogens is 285 g/mol. The summed E-state index contributed by atoms with van der Waals surface area (Å²) in [6, 6.07) is 3.95. The van der Waals surface area contributed by atoms with Gasteiger partial charge in [0.15, 0.2) is 0 Å². The fourth-order valence-electron chi connectivity index (χ4n) is 2.26. The van der Waals surface area contributed by atoms with E-state index in [0.29, 0.717) is 19.7 Å². The number of benzene rings is 1. The minimum absolute atomic E-state index is 0.00784. The first-order valence-electron chi connectivity index (χ1n) is 6.38. The average molecular weight is 302 g/mol. The van der Waals surface area contributed by atoms with E-state index >= 15 is 0 Å². The van der Waals surface area contributed by atoms with Crippen LogP contribution in [-0.2, 0) is 4.74 Å². The highest BCUT2D eigenvalue weighted by molar-refractivity contribution is 6.30. The van der Waals surface area contributed by atoms with Gasteiger partial charge in [0.1, 0.15) is 5.82 Å². The Morgan fingerprint density at radius 1 is 1.60 bits per heavy atom. The van der Waals surface area contributed by atoms with Gasteiger partial charge in [0.25, 0.3) is 0 Å². The van der Waals surface area contributed by atoms with E-state index in [1.165, 1.54) is 6.07 Å². The minimum atomic E-state index is -0.579. The molecule has 0 bridgehead atoms. The summed E-state index contributed by atoms with van der Waals surface area (Å²) >= 11 is 5.81. The summed E-state index contributed by atoms with van der Waals surface area (Å²) < 4.78 is 19.0. The number of nitrogens with two attached hydrogens (primary N) is 1. The summed E-state index contributed by atoms with van der Waals surface area (Å²) in [6.45, 7) is 2.30. The van der Waals surface area contributed by atoms with Gasteiger partial charge < -0.3 is 21.1 Å². The van der Waals surface area contributed by atoms with E-state index in [-0.39, 0.29) is 17.0 Å². The summed E-state index contributed by atoms with van der Waals surface area (Å²) in [5.74, 6) is -0.472. The van der Waals surface area contributed by atoms with E-state index in [0.717, 1.165) is 12.1 Å². The third-order valence-corrected chi connectivity index (χ3v) is 3.51. The Hall–Kier alpha value is -1.37. The van der Waals surface area contributed by atoms with Crippen molar-refractivity contribution in [3.63, 3.8) is 0 Å². The van der Waals surface area contributed by atoms with Crippen molar-refractivity contribution in [2.75, 3.05) is 26.2 Å². The molecule has 4 N–H and O–H groups in total. The predicted molar refractivity (Wildman–Crippen MR) is 74.0 cm³/mol. The molecule has 0 saturated carbocycles. The molecule has 2 atom stereocenters. The molecule has 0 unspecified atom stereocenters. The molecule has 1 aliphatic heterocycles. The molecule has 110 valence electrons. The van der Waals surface area contributed by atoms with Crippen LogP contribution >= 0.6 is 11.6 Å². The highest BCUT2D eigenvalue weighted by atomic mass is 35.5. The number of rotatable bonds is 3. The molecular formula is C13H17ClFN3O2. The molecule has 1 saturated heterocycles. The number of hydrogen-bond acceptors (Lipinski definition) is 3. The van der Waals surface area contributed by atoms with Crippen molar-refractivity contribution in [1.29, 1.82) is 0 Å². The molecule has 1 aliphatic rings. The van der Waals surface area contributed by atoms with E-state index in [1.807, 2.05) is 0 Å². The Kier molecular flexibility index (Phi) is 5.17. The molecule has 20 heavy (non-hydrogen) atoms. The normalized spacial score (nSPS) is 23.1. The Morgan fingerprint density at radius 3 is 3.10 bits per heavy atom. The number of carbonyl (C=O) groups excluding carboxylic acids is 1. The zero-order chi connectivity index (χ0) is 14.5. The summed E-state index contributed by atoms with van der Waals surface area (Å²) in [6.07, 6.45) is -0.269. The van der Waals surface area contributed by atoms with Crippen LogP contribution in [0.1, 0.15) is 11.7 Å². The Balaban J connectivity index is 2.18. The van der Waals surface area contributed by atoms with Gasteiger partial charge in [-0.15, -0.1) is 0 Å². The lowest BCUT2D eigenvalue weighted by molar-refractivity contribution is 0.0315. The standard InChI is InChI=1S/C13H17ClFN3O2/c14-10-5-8(1-2-11(10)15)12-9(7-18-13(16)19)6-17-3-4-20-12/h1-2,5,9,12,17H,3-4,6-7H2,(H3,16,18,19)/t9-,12+/m0/s1. The third kappa shape index (κ3) is 3.82. The van der Waals surface area contributed by atoms with Gasteiger partial charge in [-0.25, -0.2) is 9.18 Å². The summed E-state index contributed by atoms with van der Waals surface area (Å²) in [4.78, 5) is 10.8. The van der Waals surface area contributed by atoms with Crippen LogP contribution in [0.4, 0.5) is 9.18 Å². The van der Waals surface area contributed by atoms with Crippen molar-refractivity contribution in [2.45, 2.75) is 6.10 Å². The molecule has 5 nitrogen and oxygen atoms in total. The molecule has 2 rings (SSSR count). The van der Waals surface area contributed by atoms with E-state index in [4.69, 9.17) is 22.1 Å². The quantitative estimate of drug-likeness (QED) is 0.790. The van der Waals surface area contributed by atoms with Crippen molar-refractivity contribution in [1.82, 2.24) is 10.6 Å². The van der Waals surface area contributed by atoms with Gasteiger partial charge >= 0.3 is 6.03 Å². The Labute approximate surface area is 121 Å². The monoisotopic (exact) mass is 301 g/mol. The highest BCUT2D eigenvalue weighted by Crippen LogP contribution is 2.29. The van der Waals surface area contributed by atoms with Crippen molar-refractivity contribution >= 4 is 17.6 Å². The molecule has 0 spiro atoms. The van der Waals surface area contributed by atoms with Crippen molar-refractivity contribution < 1.29 is 13.9 Å². The number of nitrogens with one attached hydrogen (secondary N) is 2. The number of halogens is 2. The van der Waals surface area contributed by atoms with Crippen molar-refractivity contribution in [3.05, 3.63) is 34.6 Å². The van der Waals surface area contributed by atoms with E-state index in [2.05, 4.69) is 10.6 Å². The maximum Gasteiger partial charge on any atom is 0.312 e. The van der Waals surface area contributed by atoms with E-state index in [9.17, 15) is 9.18 Å². The van der Waals surface area contributed by atoms with Gasteiger partial charge in [-0.05, 0) is 17.7 Å². The van der Waals surface area contributed by atoms with Crippen LogP contribution in [0, 0.1) is 11.7 Å². The smallest absolute Gasteiger partial charge is 0.312 e. The number of ether oxygens (including phenoxy) is 1. The number of carbonyl (C=O) groups is 1. The van der Waals surface area contributed by atoms with Crippen LogP contribution in [0.3, 0.4) is 0 Å². The van der Waals surface area contributed by atoms with Gasteiger partial charge in [0.2, 0.25) is 0 Å². The molecule has 0 aromatic heterocycles. The highest BCUT2D eigenvalue weighted by Gasteiger charge is 2.26. The molecule has 1 fully saturated rings. The number of primary amides is 1. The molecule has 1 aromatic rings. The molecule has 0 radical (unpaired) electrons. The zero-order valence-corrected chi connectivity index (χ0v) is 11.6. The van der Waals surface area contributed by atoms with Crippen LogP contribution in [-0.4, -0.2) is 32.3 Å². The van der Waals surface area contributed by atoms with Crippen LogP contribution in [0.5, 0.6) is 0 Å². The Morgan fingerprint density at radius 2 is 2.40 bits per heavy atom. The second-order valence-corrected chi connectivity index (χ2v) is 5.08. The van der Waals surface area contributed by atoms with Crippen LogP contribution in [0.2, 0.25) is 5.02 Å². The van der Waals surface area contributed by atoms with Crippen LogP contribution in [0.15, 0.2) is 18.2 Å². The second kappa shape index (κ2) is 6.88. The third-order valence-electron chi connectivity index (χ3n) is 3.22. The fourth-order valence-corrected chi connectivity index (χ4v) is 2.45. The summed E-state index contributed by atoms with van der Waals surface area (Å²) in [7, 11) is 0. The fraction of sp³-hybridized carbons (Fsp3) is 0.462. The lowest BCUT2D eigenvalue weighted by Gasteiger charge is -2.25. The van der Waals surface area contributed by atoms with Gasteiger partial charge in [-0.3, -0.25) is 0 Å². The van der Waals surface area contributed by atoms with Crippen molar-refractivity contribution in [2.24, 2.45) is 11.7 Å². The predicted octanol–water partition coefficient (Wildman–Crippen LogP) is 1.42. The average Bonchev–Trinajstić information content (AvgIpc) is 2.65. The summed E-state index contributed by atoms with van der Waals surface area (Å²) in [5.41, 5.74) is 5.88. The number of urea groups is 1. The van der Waals surface area contributed by atoms with E-state index < -0.39 is 11.8 Å². The minimum Gasteiger partial charge on any atom is -0.372 e. The van der Waals surface area contributed by atoms with Gasteiger partial charge in [0, 0.05) is 25.6 Å². The summed E-state index contributed by atoms with van der Waals surface area (Å²) in [5, 5.41) is 5.86. The van der Waals surface area contributed by atoms with Gasteiger partial charge in [-0.1, -0.05) is 17.7 Å². The topological polar surface area (TPSA) is 76.4 Å². The number of hydrogen-bond donors (Lipinski definition) is 3. The van der Waals surface area contributed by atoms with Gasteiger partial charge in [0.05, 0.1) is 17.7 Å². The molecule has 2 amide bonds.